The second kappa shape index (κ2) is 9.72. The zero-order valence-corrected chi connectivity index (χ0v) is 17.9. The highest BCUT2D eigenvalue weighted by Gasteiger charge is 2.24. The van der Waals surface area contributed by atoms with Crippen LogP contribution in [0, 0.1) is 12.7 Å². The third kappa shape index (κ3) is 5.38. The smallest absolute Gasteiger partial charge is 0.253 e. The van der Waals surface area contributed by atoms with E-state index in [2.05, 4.69) is 20.7 Å². The Labute approximate surface area is 186 Å². The van der Waals surface area contributed by atoms with Crippen molar-refractivity contribution in [3.63, 3.8) is 0 Å². The molecular weight excluding hydrogens is 409 g/mol. The molecular formula is C24H26FN5O2. The number of aryl methyl sites for hydroxylation is 1. The van der Waals surface area contributed by atoms with Crippen LogP contribution in [0.25, 0.3) is 11.3 Å². The third-order valence-electron chi connectivity index (χ3n) is 5.80. The fourth-order valence-corrected chi connectivity index (χ4v) is 3.97. The fourth-order valence-electron chi connectivity index (χ4n) is 3.97. The number of amides is 2. The predicted molar refractivity (Wildman–Crippen MR) is 118 cm³/mol. The van der Waals surface area contributed by atoms with Gasteiger partial charge in [-0.3, -0.25) is 19.3 Å². The molecule has 7 nitrogen and oxygen atoms in total. The van der Waals surface area contributed by atoms with Crippen LogP contribution in [-0.4, -0.2) is 38.7 Å². The van der Waals surface area contributed by atoms with E-state index in [1.54, 1.807) is 35.1 Å². The zero-order valence-electron chi connectivity index (χ0n) is 17.9. The van der Waals surface area contributed by atoms with Gasteiger partial charge in [0, 0.05) is 35.7 Å². The highest BCUT2D eigenvalue weighted by atomic mass is 19.1. The summed E-state index contributed by atoms with van der Waals surface area (Å²) in [4.78, 5) is 29.2. The van der Waals surface area contributed by atoms with Crippen molar-refractivity contribution in [1.29, 1.82) is 0 Å². The second-order valence-corrected chi connectivity index (χ2v) is 8.16. The summed E-state index contributed by atoms with van der Waals surface area (Å²) in [5.41, 5.74) is 2.70. The number of halogens is 1. The Morgan fingerprint density at radius 3 is 2.44 bits per heavy atom. The van der Waals surface area contributed by atoms with Crippen molar-refractivity contribution in [2.75, 3.05) is 0 Å². The maximum Gasteiger partial charge on any atom is 0.253 e. The fraction of sp³-hybridized carbons (Fsp3) is 0.333. The summed E-state index contributed by atoms with van der Waals surface area (Å²) >= 11 is 0. The Morgan fingerprint density at radius 1 is 1.06 bits per heavy atom. The van der Waals surface area contributed by atoms with Crippen molar-refractivity contribution in [3.05, 3.63) is 71.9 Å². The van der Waals surface area contributed by atoms with Crippen molar-refractivity contribution in [2.45, 2.75) is 51.2 Å². The quantitative estimate of drug-likeness (QED) is 0.622. The monoisotopic (exact) mass is 435 g/mol. The number of hydrogen-bond donors (Lipinski definition) is 2. The lowest BCUT2D eigenvalue weighted by atomic mass is 9.91. The number of rotatable bonds is 6. The maximum absolute atomic E-state index is 13.4. The first-order valence-electron chi connectivity index (χ1n) is 10.8. The van der Waals surface area contributed by atoms with Crippen LogP contribution in [0.2, 0.25) is 0 Å². The molecule has 0 spiro atoms. The number of hydrogen-bond acceptors (Lipinski definition) is 4. The molecule has 0 atom stereocenters. The Kier molecular flexibility index (Phi) is 6.58. The summed E-state index contributed by atoms with van der Waals surface area (Å²) in [5, 5.41) is 10.3. The van der Waals surface area contributed by atoms with Gasteiger partial charge >= 0.3 is 0 Å². The molecule has 32 heavy (non-hydrogen) atoms. The molecule has 0 radical (unpaired) electrons. The molecule has 1 aliphatic carbocycles. The lowest BCUT2D eigenvalue weighted by Gasteiger charge is -2.29. The summed E-state index contributed by atoms with van der Waals surface area (Å²) in [7, 11) is 0. The highest BCUT2D eigenvalue weighted by molar-refractivity contribution is 5.94. The third-order valence-corrected chi connectivity index (χ3v) is 5.80. The van der Waals surface area contributed by atoms with Crippen molar-refractivity contribution >= 4 is 11.8 Å². The van der Waals surface area contributed by atoms with E-state index in [0.29, 0.717) is 16.8 Å². The van der Waals surface area contributed by atoms with Gasteiger partial charge in [-0.1, -0.05) is 12.1 Å². The van der Waals surface area contributed by atoms with E-state index in [1.807, 2.05) is 13.0 Å². The number of nitrogens with zero attached hydrogens (tertiary/aromatic N) is 3. The number of benzene rings is 1. The summed E-state index contributed by atoms with van der Waals surface area (Å²) in [6.07, 6.45) is 6.41. The van der Waals surface area contributed by atoms with E-state index in [0.717, 1.165) is 31.4 Å². The summed E-state index contributed by atoms with van der Waals surface area (Å²) in [6, 6.07) is 11.7. The zero-order chi connectivity index (χ0) is 22.5. The van der Waals surface area contributed by atoms with Crippen LogP contribution in [0.5, 0.6) is 0 Å². The van der Waals surface area contributed by atoms with E-state index in [1.165, 1.54) is 18.3 Å². The molecule has 0 saturated heterocycles. The van der Waals surface area contributed by atoms with Crippen LogP contribution in [0.1, 0.15) is 41.7 Å². The van der Waals surface area contributed by atoms with Crippen molar-refractivity contribution in [3.8, 4) is 11.3 Å². The standard InChI is InChI=1S/C24H26FN5O2/c1-16-11-12-27-30(16)15-23(31)28-20-6-8-21(9-7-20)29-24(32)18-5-10-22(26-14-18)17-3-2-4-19(25)13-17/h2-5,10-14,20-21H,6-9,15H2,1H3,(H,28,31)(H,29,32). The second-order valence-electron chi connectivity index (χ2n) is 8.16. The molecule has 1 saturated carbocycles. The molecule has 0 aliphatic heterocycles. The van der Waals surface area contributed by atoms with Crippen molar-refractivity contribution in [1.82, 2.24) is 25.4 Å². The maximum atomic E-state index is 13.4. The van der Waals surface area contributed by atoms with E-state index >= 15 is 0 Å². The molecule has 4 rings (SSSR count). The minimum Gasteiger partial charge on any atom is -0.352 e. The predicted octanol–water partition coefficient (Wildman–Crippen LogP) is 3.25. The number of carbonyl (C=O) groups excluding carboxylic acids is 2. The van der Waals surface area contributed by atoms with Gasteiger partial charge in [0.15, 0.2) is 0 Å². The molecule has 2 N–H and O–H groups in total. The molecule has 2 aromatic heterocycles. The molecule has 166 valence electrons. The first-order valence-corrected chi connectivity index (χ1v) is 10.8. The van der Waals surface area contributed by atoms with Crippen LogP contribution < -0.4 is 10.6 Å². The van der Waals surface area contributed by atoms with Gasteiger partial charge in [0.25, 0.3) is 5.91 Å². The summed E-state index contributed by atoms with van der Waals surface area (Å²) < 4.78 is 15.1. The number of aromatic nitrogens is 3. The largest absolute Gasteiger partial charge is 0.352 e. The molecule has 2 heterocycles. The van der Waals surface area contributed by atoms with E-state index in [9.17, 15) is 14.0 Å². The molecule has 1 aliphatic rings. The summed E-state index contributed by atoms with van der Waals surface area (Å²) in [5.74, 6) is -0.548. The minimum atomic E-state index is -0.325. The molecule has 3 aromatic rings. The molecule has 0 unspecified atom stereocenters. The Balaban J connectivity index is 1.24. The van der Waals surface area contributed by atoms with Crippen LogP contribution in [0.15, 0.2) is 54.9 Å². The van der Waals surface area contributed by atoms with Gasteiger partial charge in [-0.25, -0.2) is 4.39 Å². The van der Waals surface area contributed by atoms with Crippen LogP contribution in [-0.2, 0) is 11.3 Å². The van der Waals surface area contributed by atoms with Crippen molar-refractivity contribution in [2.24, 2.45) is 0 Å². The molecule has 1 fully saturated rings. The van der Waals surface area contributed by atoms with Gasteiger partial charge in [-0.05, 0) is 62.9 Å². The topological polar surface area (TPSA) is 88.9 Å². The average molecular weight is 436 g/mol. The van der Waals surface area contributed by atoms with Crippen LogP contribution in [0.4, 0.5) is 4.39 Å². The van der Waals surface area contributed by atoms with Crippen LogP contribution >= 0.6 is 0 Å². The van der Waals surface area contributed by atoms with Gasteiger partial charge in [0.2, 0.25) is 5.91 Å². The first-order chi connectivity index (χ1) is 15.5. The number of pyridine rings is 1. The molecule has 1 aromatic carbocycles. The lowest BCUT2D eigenvalue weighted by Crippen LogP contribution is -2.44. The number of nitrogens with one attached hydrogen (secondary N) is 2. The Bertz CT molecular complexity index is 1090. The van der Waals surface area contributed by atoms with Crippen LogP contribution in [0.3, 0.4) is 0 Å². The molecule has 0 bridgehead atoms. The molecule has 2 amide bonds. The van der Waals surface area contributed by atoms with Gasteiger partial charge in [0.05, 0.1) is 11.3 Å². The first kappa shape index (κ1) is 21.7. The molecule has 8 heteroatoms. The van der Waals surface area contributed by atoms with E-state index in [4.69, 9.17) is 0 Å². The van der Waals surface area contributed by atoms with Gasteiger partial charge in [-0.15, -0.1) is 0 Å². The summed E-state index contributed by atoms with van der Waals surface area (Å²) in [6.45, 7) is 2.13. The van der Waals surface area contributed by atoms with E-state index < -0.39 is 0 Å². The lowest BCUT2D eigenvalue weighted by molar-refractivity contribution is -0.122. The average Bonchev–Trinajstić information content (AvgIpc) is 3.19. The minimum absolute atomic E-state index is 0.0475. The van der Waals surface area contributed by atoms with Gasteiger partial charge < -0.3 is 10.6 Å². The highest BCUT2D eigenvalue weighted by Crippen LogP contribution is 2.20. The van der Waals surface area contributed by atoms with Crippen molar-refractivity contribution < 1.29 is 14.0 Å². The Hall–Kier alpha value is -3.55. The SMILES string of the molecule is Cc1ccnn1CC(=O)NC1CCC(NC(=O)c2ccc(-c3cccc(F)c3)nc2)CC1. The normalized spacial score (nSPS) is 18.2. The van der Waals surface area contributed by atoms with E-state index in [-0.39, 0.29) is 36.3 Å². The number of carbonyl (C=O) groups is 2. The van der Waals surface area contributed by atoms with Gasteiger partial charge in [0.1, 0.15) is 12.4 Å². The van der Waals surface area contributed by atoms with Gasteiger partial charge in [-0.2, -0.15) is 5.10 Å². The Morgan fingerprint density at radius 2 is 1.81 bits per heavy atom.